The first kappa shape index (κ1) is 34.1. The Morgan fingerprint density at radius 3 is 1.77 bits per heavy atom. The molecule has 0 amide bonds. The minimum Gasteiger partial charge on any atom is -0.295 e. The standard InChI is InChI=1S/C55H33N5S/c1-3-13-34(14-4-1)37-26-27-39-33-41(30-28-38(39)31-37)53-56-52(40-29-25-35-15-7-8-16-36(35)32-40)57-54(58-53)45-21-11-23-47-51(45)61-48-24-12-20-44-49-43-19-9-10-22-46(43)59(42-17-5-2-6-18-42)55(49)60(47)50(44)48/h1-33H. The summed E-state index contributed by atoms with van der Waals surface area (Å²) in [5.41, 5.74) is 11.0. The fourth-order valence-corrected chi connectivity index (χ4v) is 10.5. The van der Waals surface area contributed by atoms with E-state index in [4.69, 9.17) is 15.0 Å². The average Bonchev–Trinajstić information content (AvgIpc) is 3.85. The van der Waals surface area contributed by atoms with Gasteiger partial charge < -0.3 is 0 Å². The zero-order chi connectivity index (χ0) is 40.0. The summed E-state index contributed by atoms with van der Waals surface area (Å²) in [5, 5.41) is 8.35. The predicted molar refractivity (Wildman–Crippen MR) is 252 cm³/mol. The van der Waals surface area contributed by atoms with Crippen LogP contribution in [0.25, 0.3) is 111 Å². The molecule has 12 aromatic rings. The van der Waals surface area contributed by atoms with Gasteiger partial charge in [-0.05, 0) is 87.3 Å². The lowest BCUT2D eigenvalue weighted by Crippen LogP contribution is -2.07. The molecule has 1 aliphatic heterocycles. The summed E-state index contributed by atoms with van der Waals surface area (Å²) in [6, 6.07) is 71.3. The van der Waals surface area contributed by atoms with Crippen LogP contribution in [0, 0.1) is 0 Å². The number of fused-ring (bicyclic) bond motifs is 9. The third-order valence-corrected chi connectivity index (χ3v) is 13.3. The Balaban J connectivity index is 1.04. The van der Waals surface area contributed by atoms with Gasteiger partial charge in [0.05, 0.1) is 16.7 Å². The van der Waals surface area contributed by atoms with Crippen LogP contribution in [-0.4, -0.2) is 24.1 Å². The zero-order valence-electron chi connectivity index (χ0n) is 32.7. The van der Waals surface area contributed by atoms with E-state index in [0.29, 0.717) is 17.5 Å². The molecule has 0 saturated heterocycles. The molecule has 61 heavy (non-hydrogen) atoms. The van der Waals surface area contributed by atoms with Crippen molar-refractivity contribution in [3.05, 3.63) is 200 Å². The maximum atomic E-state index is 5.35. The number of nitrogens with zero attached hydrogens (tertiary/aromatic N) is 5. The van der Waals surface area contributed by atoms with Crippen LogP contribution in [0.1, 0.15) is 0 Å². The molecule has 0 fully saturated rings. The Labute approximate surface area is 355 Å². The molecule has 3 aromatic heterocycles. The van der Waals surface area contributed by atoms with Crippen molar-refractivity contribution < 1.29 is 0 Å². The van der Waals surface area contributed by atoms with E-state index >= 15 is 0 Å². The SMILES string of the molecule is c1ccc(-c2ccc3cc(-c4nc(-c5ccc6ccccc6c5)nc(-c5cccc6c5Sc5cccc7c8c9ccccc9n(-c9ccccc9)c8n-6c57)n4)ccc3c2)cc1. The molecule has 4 heterocycles. The normalized spacial score (nSPS) is 12.2. The molecule has 0 aliphatic carbocycles. The average molecular weight is 796 g/mol. The minimum absolute atomic E-state index is 0.635. The molecule has 1 aliphatic rings. The quantitative estimate of drug-likeness (QED) is 0.174. The smallest absolute Gasteiger partial charge is 0.165 e. The van der Waals surface area contributed by atoms with E-state index in [-0.39, 0.29) is 0 Å². The number of benzene rings is 9. The highest BCUT2D eigenvalue weighted by Gasteiger charge is 2.30. The minimum atomic E-state index is 0.635. The van der Waals surface area contributed by atoms with Crippen LogP contribution < -0.4 is 0 Å². The van der Waals surface area contributed by atoms with E-state index in [1.807, 2.05) is 0 Å². The number of hydrogen-bond acceptors (Lipinski definition) is 4. The summed E-state index contributed by atoms with van der Waals surface area (Å²) in [4.78, 5) is 18.2. The van der Waals surface area contributed by atoms with Crippen LogP contribution in [0.2, 0.25) is 0 Å². The Bertz CT molecular complexity index is 3740. The molecule has 9 aromatic carbocycles. The van der Waals surface area contributed by atoms with E-state index < -0.39 is 0 Å². The Morgan fingerprint density at radius 2 is 0.984 bits per heavy atom. The van der Waals surface area contributed by atoms with Gasteiger partial charge >= 0.3 is 0 Å². The summed E-state index contributed by atoms with van der Waals surface area (Å²) in [7, 11) is 0. The molecule has 13 rings (SSSR count). The third-order valence-electron chi connectivity index (χ3n) is 12.1. The first-order valence-corrected chi connectivity index (χ1v) is 21.3. The number of hydrogen-bond donors (Lipinski definition) is 0. The van der Waals surface area contributed by atoms with E-state index in [1.165, 1.54) is 54.0 Å². The monoisotopic (exact) mass is 795 g/mol. The van der Waals surface area contributed by atoms with Gasteiger partial charge in [0.25, 0.3) is 0 Å². The predicted octanol–water partition coefficient (Wildman–Crippen LogP) is 14.4. The summed E-state index contributed by atoms with van der Waals surface area (Å²) in [6.07, 6.45) is 0. The molecule has 0 atom stereocenters. The fraction of sp³-hybridized carbons (Fsp3) is 0. The fourth-order valence-electron chi connectivity index (χ4n) is 9.29. The topological polar surface area (TPSA) is 48.5 Å². The van der Waals surface area contributed by atoms with Gasteiger partial charge in [-0.15, -0.1) is 0 Å². The van der Waals surface area contributed by atoms with Crippen molar-refractivity contribution in [2.75, 3.05) is 0 Å². The van der Waals surface area contributed by atoms with Crippen LogP contribution in [0.5, 0.6) is 0 Å². The summed E-state index contributed by atoms with van der Waals surface area (Å²) >= 11 is 1.80. The van der Waals surface area contributed by atoms with E-state index in [1.54, 1.807) is 11.8 Å². The van der Waals surface area contributed by atoms with Crippen molar-refractivity contribution in [1.29, 1.82) is 0 Å². The van der Waals surface area contributed by atoms with Crippen molar-refractivity contribution in [2.24, 2.45) is 0 Å². The van der Waals surface area contributed by atoms with Gasteiger partial charge in [-0.3, -0.25) is 9.13 Å². The van der Waals surface area contributed by atoms with Gasteiger partial charge in [0.1, 0.15) is 5.65 Å². The van der Waals surface area contributed by atoms with Crippen molar-refractivity contribution in [3.63, 3.8) is 0 Å². The van der Waals surface area contributed by atoms with E-state index in [0.717, 1.165) is 49.4 Å². The van der Waals surface area contributed by atoms with Crippen LogP contribution >= 0.6 is 11.8 Å². The second-order valence-electron chi connectivity index (χ2n) is 15.6. The van der Waals surface area contributed by atoms with Gasteiger partial charge in [-0.1, -0.05) is 157 Å². The van der Waals surface area contributed by atoms with E-state index in [9.17, 15) is 0 Å². The lowest BCUT2D eigenvalue weighted by atomic mass is 10.00. The molecular formula is C55H33N5S. The van der Waals surface area contributed by atoms with Gasteiger partial charge in [-0.25, -0.2) is 15.0 Å². The van der Waals surface area contributed by atoms with Crippen molar-refractivity contribution >= 4 is 66.1 Å². The Kier molecular flexibility index (Phi) is 7.47. The molecule has 5 nitrogen and oxygen atoms in total. The summed E-state index contributed by atoms with van der Waals surface area (Å²) < 4.78 is 4.89. The van der Waals surface area contributed by atoms with Gasteiger partial charge in [0.2, 0.25) is 0 Å². The zero-order valence-corrected chi connectivity index (χ0v) is 33.5. The Hall–Kier alpha value is -7.80. The highest BCUT2D eigenvalue weighted by atomic mass is 32.2. The highest BCUT2D eigenvalue weighted by Crippen LogP contribution is 2.51. The molecule has 284 valence electrons. The molecule has 0 radical (unpaired) electrons. The van der Waals surface area contributed by atoms with Gasteiger partial charge in [0, 0.05) is 48.3 Å². The molecule has 0 bridgehead atoms. The van der Waals surface area contributed by atoms with Crippen LogP contribution in [0.3, 0.4) is 0 Å². The first-order valence-electron chi connectivity index (χ1n) is 20.5. The highest BCUT2D eigenvalue weighted by molar-refractivity contribution is 8.00. The number of rotatable bonds is 5. The maximum Gasteiger partial charge on any atom is 0.165 e. The summed E-state index contributed by atoms with van der Waals surface area (Å²) in [6.45, 7) is 0. The Morgan fingerprint density at radius 1 is 0.393 bits per heavy atom. The van der Waals surface area contributed by atoms with Crippen LogP contribution in [0.4, 0.5) is 0 Å². The number of aromatic nitrogens is 5. The molecule has 0 saturated carbocycles. The van der Waals surface area contributed by atoms with Crippen LogP contribution in [-0.2, 0) is 0 Å². The van der Waals surface area contributed by atoms with Gasteiger partial charge in [0.15, 0.2) is 17.5 Å². The first-order chi connectivity index (χ1) is 30.2. The van der Waals surface area contributed by atoms with Crippen molar-refractivity contribution in [3.8, 4) is 56.7 Å². The van der Waals surface area contributed by atoms with Crippen molar-refractivity contribution in [2.45, 2.75) is 9.79 Å². The second kappa shape index (κ2) is 13.4. The lowest BCUT2D eigenvalue weighted by molar-refractivity contribution is 1.02. The van der Waals surface area contributed by atoms with Crippen molar-refractivity contribution in [1.82, 2.24) is 24.1 Å². The van der Waals surface area contributed by atoms with E-state index in [2.05, 4.69) is 209 Å². The molecule has 6 heteroatoms. The van der Waals surface area contributed by atoms with Crippen LogP contribution in [0.15, 0.2) is 210 Å². The second-order valence-corrected chi connectivity index (χ2v) is 16.7. The molecule has 0 unspecified atom stereocenters. The molecule has 0 N–H and O–H groups in total. The van der Waals surface area contributed by atoms with Gasteiger partial charge in [-0.2, -0.15) is 0 Å². The number of para-hydroxylation sites is 3. The summed E-state index contributed by atoms with van der Waals surface area (Å²) in [5.74, 6) is 1.91. The maximum absolute atomic E-state index is 5.35. The largest absolute Gasteiger partial charge is 0.295 e. The molecule has 0 spiro atoms. The third kappa shape index (κ3) is 5.32. The lowest BCUT2D eigenvalue weighted by Gasteiger charge is -2.23. The molecular weight excluding hydrogens is 763 g/mol.